The first-order valence-electron chi connectivity index (χ1n) is 7.94. The summed E-state index contributed by atoms with van der Waals surface area (Å²) in [5.74, 6) is -0.453. The van der Waals surface area contributed by atoms with Crippen molar-refractivity contribution in [1.29, 1.82) is 0 Å². The number of thiazole rings is 1. The number of nitrogens with zero attached hydrogens (tertiary/aromatic N) is 2. The van der Waals surface area contributed by atoms with Gasteiger partial charge in [0.05, 0.1) is 16.8 Å². The summed E-state index contributed by atoms with van der Waals surface area (Å²) in [4.78, 5) is 6.91. The van der Waals surface area contributed by atoms with Gasteiger partial charge in [-0.25, -0.2) is 13.8 Å². The number of nitrogens with one attached hydrogen (secondary N) is 1. The molecule has 1 saturated heterocycles. The molecule has 1 aliphatic heterocycles. The van der Waals surface area contributed by atoms with Gasteiger partial charge in [0.25, 0.3) is 0 Å². The lowest BCUT2D eigenvalue weighted by atomic mass is 10.0. The monoisotopic (exact) mass is 381 g/mol. The average Bonchev–Trinajstić information content (AvgIpc) is 2.96. The van der Waals surface area contributed by atoms with Gasteiger partial charge in [-0.05, 0) is 35.9 Å². The van der Waals surface area contributed by atoms with Crippen LogP contribution in [0, 0.1) is 11.6 Å². The van der Waals surface area contributed by atoms with E-state index in [1.54, 1.807) is 18.2 Å². The lowest BCUT2D eigenvalue weighted by molar-refractivity contribution is 0.153. The lowest BCUT2D eigenvalue weighted by Crippen LogP contribution is -2.45. The van der Waals surface area contributed by atoms with Crippen LogP contribution >= 0.6 is 23.7 Å². The minimum Gasteiger partial charge on any atom is -0.314 e. The Bertz CT molecular complexity index is 870. The highest BCUT2D eigenvalue weighted by Crippen LogP contribution is 2.28. The van der Waals surface area contributed by atoms with E-state index in [4.69, 9.17) is 0 Å². The van der Waals surface area contributed by atoms with Crippen molar-refractivity contribution >= 4 is 34.0 Å². The van der Waals surface area contributed by atoms with Crippen LogP contribution in [0.2, 0.25) is 0 Å². The van der Waals surface area contributed by atoms with Crippen molar-refractivity contribution in [2.45, 2.75) is 12.6 Å². The Kier molecular flexibility index (Phi) is 5.64. The molecule has 0 amide bonds. The van der Waals surface area contributed by atoms with E-state index in [2.05, 4.69) is 15.2 Å². The van der Waals surface area contributed by atoms with E-state index in [-0.39, 0.29) is 30.1 Å². The minimum atomic E-state index is -0.238. The molecule has 3 aromatic rings. The zero-order valence-corrected chi connectivity index (χ0v) is 15.0. The highest BCUT2D eigenvalue weighted by Gasteiger charge is 2.25. The van der Waals surface area contributed by atoms with Crippen LogP contribution in [0.25, 0.3) is 10.2 Å². The molecule has 2 aromatic carbocycles. The molecular weight excluding hydrogens is 364 g/mol. The van der Waals surface area contributed by atoms with E-state index in [1.807, 2.05) is 6.07 Å². The molecule has 0 aliphatic carbocycles. The topological polar surface area (TPSA) is 28.2 Å². The SMILES string of the molecule is Cl.Fc1cccc(C2CNCCN2Cc2nc3ccc(F)cc3s2)c1. The Morgan fingerprint density at radius 3 is 2.84 bits per heavy atom. The molecule has 0 bridgehead atoms. The summed E-state index contributed by atoms with van der Waals surface area (Å²) >= 11 is 1.52. The molecule has 1 atom stereocenters. The van der Waals surface area contributed by atoms with Gasteiger partial charge in [0.1, 0.15) is 16.6 Å². The lowest BCUT2D eigenvalue weighted by Gasteiger charge is -2.36. The maximum absolute atomic E-state index is 13.6. The molecule has 25 heavy (non-hydrogen) atoms. The maximum atomic E-state index is 13.6. The Morgan fingerprint density at radius 2 is 2.00 bits per heavy atom. The zero-order valence-electron chi connectivity index (χ0n) is 13.4. The Labute approximate surface area is 155 Å². The zero-order chi connectivity index (χ0) is 16.5. The second-order valence-electron chi connectivity index (χ2n) is 5.97. The van der Waals surface area contributed by atoms with Crippen LogP contribution < -0.4 is 5.32 Å². The number of halogens is 3. The Balaban J connectivity index is 0.00000182. The first-order valence-corrected chi connectivity index (χ1v) is 8.76. The van der Waals surface area contributed by atoms with E-state index < -0.39 is 0 Å². The van der Waals surface area contributed by atoms with Crippen molar-refractivity contribution in [2.24, 2.45) is 0 Å². The summed E-state index contributed by atoms with van der Waals surface area (Å²) in [5, 5.41) is 4.33. The highest BCUT2D eigenvalue weighted by molar-refractivity contribution is 7.18. The van der Waals surface area contributed by atoms with E-state index in [1.165, 1.54) is 29.5 Å². The van der Waals surface area contributed by atoms with Gasteiger partial charge in [-0.3, -0.25) is 4.90 Å². The summed E-state index contributed by atoms with van der Waals surface area (Å²) in [6.07, 6.45) is 0. The quantitative estimate of drug-likeness (QED) is 0.739. The Hall–Kier alpha value is -1.60. The van der Waals surface area contributed by atoms with Crippen molar-refractivity contribution < 1.29 is 8.78 Å². The van der Waals surface area contributed by atoms with Crippen LogP contribution in [0.3, 0.4) is 0 Å². The van der Waals surface area contributed by atoms with Gasteiger partial charge in [-0.1, -0.05) is 12.1 Å². The standard InChI is InChI=1S/C18H17F2N3S.ClH/c19-13-3-1-2-12(8-13)16-10-21-6-7-23(16)11-18-22-15-5-4-14(20)9-17(15)24-18;/h1-5,8-9,16,21H,6-7,10-11H2;1H. The van der Waals surface area contributed by atoms with Crippen LogP contribution in [0.4, 0.5) is 8.78 Å². The molecule has 132 valence electrons. The van der Waals surface area contributed by atoms with Gasteiger partial charge in [-0.2, -0.15) is 0 Å². The van der Waals surface area contributed by atoms with E-state index in [0.29, 0.717) is 6.54 Å². The summed E-state index contributed by atoms with van der Waals surface area (Å²) in [6.45, 7) is 3.23. The average molecular weight is 382 g/mol. The molecule has 0 radical (unpaired) electrons. The van der Waals surface area contributed by atoms with Gasteiger partial charge in [-0.15, -0.1) is 23.7 Å². The normalized spacial score (nSPS) is 18.2. The second-order valence-corrected chi connectivity index (χ2v) is 7.08. The maximum Gasteiger partial charge on any atom is 0.124 e. The van der Waals surface area contributed by atoms with Crippen LogP contribution in [0.5, 0.6) is 0 Å². The summed E-state index contributed by atoms with van der Waals surface area (Å²) in [6, 6.07) is 11.6. The second kappa shape index (κ2) is 7.74. The molecule has 2 heterocycles. The summed E-state index contributed by atoms with van der Waals surface area (Å²) in [7, 11) is 0. The van der Waals surface area contributed by atoms with Crippen molar-refractivity contribution in [3.8, 4) is 0 Å². The molecule has 1 fully saturated rings. The first-order chi connectivity index (χ1) is 11.7. The number of aromatic nitrogens is 1. The number of rotatable bonds is 3. The van der Waals surface area contributed by atoms with E-state index in [9.17, 15) is 8.78 Å². The molecule has 0 saturated carbocycles. The molecular formula is C18H18ClF2N3S. The van der Waals surface area contributed by atoms with Crippen molar-refractivity contribution in [3.63, 3.8) is 0 Å². The Morgan fingerprint density at radius 1 is 1.16 bits per heavy atom. The van der Waals surface area contributed by atoms with Gasteiger partial charge in [0.15, 0.2) is 0 Å². The fraction of sp³-hybridized carbons (Fsp3) is 0.278. The molecule has 4 rings (SSSR count). The number of benzene rings is 2. The number of piperazine rings is 1. The third-order valence-electron chi connectivity index (χ3n) is 4.32. The van der Waals surface area contributed by atoms with E-state index >= 15 is 0 Å². The third-order valence-corrected chi connectivity index (χ3v) is 5.32. The van der Waals surface area contributed by atoms with Crippen LogP contribution in [0.1, 0.15) is 16.6 Å². The van der Waals surface area contributed by atoms with Crippen molar-refractivity contribution in [1.82, 2.24) is 15.2 Å². The first kappa shape index (κ1) is 18.2. The minimum absolute atomic E-state index is 0. The molecule has 1 aromatic heterocycles. The summed E-state index contributed by atoms with van der Waals surface area (Å²) in [5.41, 5.74) is 1.79. The van der Waals surface area contributed by atoms with Crippen LogP contribution in [-0.4, -0.2) is 29.5 Å². The van der Waals surface area contributed by atoms with Crippen molar-refractivity contribution in [2.75, 3.05) is 19.6 Å². The van der Waals surface area contributed by atoms with E-state index in [0.717, 1.165) is 40.4 Å². The third kappa shape index (κ3) is 3.98. The molecule has 3 nitrogen and oxygen atoms in total. The molecule has 1 N–H and O–H groups in total. The van der Waals surface area contributed by atoms with Crippen molar-refractivity contribution in [3.05, 3.63) is 64.7 Å². The number of fused-ring (bicyclic) bond motifs is 1. The van der Waals surface area contributed by atoms with Gasteiger partial charge >= 0.3 is 0 Å². The summed E-state index contributed by atoms with van der Waals surface area (Å²) < 4.78 is 27.8. The van der Waals surface area contributed by atoms with Gasteiger partial charge in [0.2, 0.25) is 0 Å². The predicted molar refractivity (Wildman–Crippen MR) is 99.2 cm³/mol. The molecule has 0 spiro atoms. The van der Waals surface area contributed by atoms with Crippen LogP contribution in [0.15, 0.2) is 42.5 Å². The van der Waals surface area contributed by atoms with Crippen LogP contribution in [-0.2, 0) is 6.54 Å². The predicted octanol–water partition coefficient (Wildman–Crippen LogP) is 4.14. The molecule has 1 aliphatic rings. The largest absolute Gasteiger partial charge is 0.314 e. The smallest absolute Gasteiger partial charge is 0.124 e. The molecule has 7 heteroatoms. The number of hydrogen-bond donors (Lipinski definition) is 1. The molecule has 1 unspecified atom stereocenters. The van der Waals surface area contributed by atoms with Gasteiger partial charge < -0.3 is 5.32 Å². The fourth-order valence-electron chi connectivity index (χ4n) is 3.17. The van der Waals surface area contributed by atoms with Gasteiger partial charge in [0, 0.05) is 25.7 Å². The fourth-order valence-corrected chi connectivity index (χ4v) is 4.18. The number of hydrogen-bond acceptors (Lipinski definition) is 4. The highest BCUT2D eigenvalue weighted by atomic mass is 35.5.